The van der Waals surface area contributed by atoms with E-state index in [2.05, 4.69) is 28.2 Å². The van der Waals surface area contributed by atoms with Crippen molar-refractivity contribution in [2.75, 3.05) is 34.0 Å². The molecule has 0 atom stereocenters. The van der Waals surface area contributed by atoms with Crippen molar-refractivity contribution < 1.29 is 14.2 Å². The molecule has 4 nitrogen and oxygen atoms in total. The third-order valence-corrected chi connectivity index (χ3v) is 3.67. The number of unbranched alkanes of at least 4 members (excludes halogenated alkanes) is 1. The summed E-state index contributed by atoms with van der Waals surface area (Å²) in [4.78, 5) is 0. The molecule has 0 spiro atoms. The van der Waals surface area contributed by atoms with Crippen LogP contribution in [-0.4, -0.2) is 34.0 Å². The van der Waals surface area contributed by atoms with Gasteiger partial charge in [0.05, 0.1) is 20.8 Å². The van der Waals surface area contributed by atoms with Gasteiger partial charge in [-0.1, -0.05) is 29.3 Å². The van der Waals surface area contributed by atoms with Crippen LogP contribution in [0.2, 0.25) is 0 Å². The molecule has 1 aromatic rings. The van der Waals surface area contributed by atoms with E-state index in [0.29, 0.717) is 0 Å². The monoisotopic (exact) mass is 345 g/mol. The van der Waals surface area contributed by atoms with Gasteiger partial charge in [-0.15, -0.1) is 0 Å². The van der Waals surface area contributed by atoms with Crippen LogP contribution in [0.5, 0.6) is 11.5 Å². The van der Waals surface area contributed by atoms with Crippen LogP contribution in [-0.2, 0) is 11.3 Å². The van der Waals surface area contributed by atoms with Gasteiger partial charge in [0, 0.05) is 24.2 Å². The number of nitrogens with one attached hydrogen (secondary N) is 1. The predicted octanol–water partition coefficient (Wildman–Crippen LogP) is 3.37. The molecule has 1 N–H and O–H groups in total. The van der Waals surface area contributed by atoms with Crippen molar-refractivity contribution in [1.29, 1.82) is 0 Å². The van der Waals surface area contributed by atoms with Crippen molar-refractivity contribution in [2.45, 2.75) is 26.3 Å². The lowest BCUT2D eigenvalue weighted by Gasteiger charge is -2.12. The largest absolute Gasteiger partial charge is 0.493 e. The van der Waals surface area contributed by atoms with Gasteiger partial charge in [0.1, 0.15) is 0 Å². The molecular formula is C15H24BrNO3. The van der Waals surface area contributed by atoms with Crippen molar-refractivity contribution in [1.82, 2.24) is 5.32 Å². The Labute approximate surface area is 129 Å². The van der Waals surface area contributed by atoms with E-state index < -0.39 is 0 Å². The van der Waals surface area contributed by atoms with Crippen molar-refractivity contribution >= 4 is 15.9 Å². The Balaban J connectivity index is 2.40. The Hall–Kier alpha value is -0.780. The average molecular weight is 346 g/mol. The van der Waals surface area contributed by atoms with Crippen LogP contribution in [0.1, 0.15) is 25.3 Å². The van der Waals surface area contributed by atoms with Crippen LogP contribution in [0.4, 0.5) is 0 Å². The quantitative estimate of drug-likeness (QED) is 0.660. The fourth-order valence-electron chi connectivity index (χ4n) is 1.75. The van der Waals surface area contributed by atoms with Gasteiger partial charge in [0.25, 0.3) is 0 Å². The summed E-state index contributed by atoms with van der Waals surface area (Å²) in [6, 6.07) is 3.90. The molecule has 0 aliphatic rings. The molecule has 5 heteroatoms. The second kappa shape index (κ2) is 10.0. The number of ether oxygens (including phenoxy) is 3. The number of benzene rings is 1. The second-order valence-electron chi connectivity index (χ2n) is 4.44. The molecule has 0 aliphatic heterocycles. The number of methoxy groups -OCH3 is 2. The summed E-state index contributed by atoms with van der Waals surface area (Å²) in [5, 5.41) is 3.36. The Kier molecular flexibility index (Phi) is 8.65. The highest BCUT2D eigenvalue weighted by Crippen LogP contribution is 2.33. The highest BCUT2D eigenvalue weighted by atomic mass is 79.9. The van der Waals surface area contributed by atoms with Gasteiger partial charge in [-0.05, 0) is 24.1 Å². The number of halogens is 1. The summed E-state index contributed by atoms with van der Waals surface area (Å²) in [7, 11) is 3.28. The lowest BCUT2D eigenvalue weighted by Crippen LogP contribution is -2.19. The fourth-order valence-corrected chi connectivity index (χ4v) is 2.21. The van der Waals surface area contributed by atoms with E-state index in [1.54, 1.807) is 14.2 Å². The van der Waals surface area contributed by atoms with E-state index in [1.165, 1.54) is 6.42 Å². The van der Waals surface area contributed by atoms with Crippen LogP contribution in [0, 0.1) is 0 Å². The van der Waals surface area contributed by atoms with Crippen LogP contribution in [0.25, 0.3) is 0 Å². The third-order valence-electron chi connectivity index (χ3n) is 2.93. The molecule has 0 radical (unpaired) electrons. The number of rotatable bonds is 10. The normalized spacial score (nSPS) is 10.6. The molecule has 0 amide bonds. The first-order valence-electron chi connectivity index (χ1n) is 6.91. The van der Waals surface area contributed by atoms with E-state index in [1.807, 2.05) is 12.1 Å². The van der Waals surface area contributed by atoms with E-state index in [-0.39, 0.29) is 0 Å². The molecule has 0 saturated heterocycles. The maximum absolute atomic E-state index is 5.50. The zero-order valence-electron chi connectivity index (χ0n) is 12.5. The van der Waals surface area contributed by atoms with Crippen molar-refractivity contribution in [3.8, 4) is 11.5 Å². The molecule has 1 aromatic carbocycles. The minimum atomic E-state index is 0.728. The Morgan fingerprint density at radius 2 is 1.80 bits per heavy atom. The molecule has 114 valence electrons. The minimum absolute atomic E-state index is 0.728. The summed E-state index contributed by atoms with van der Waals surface area (Å²) in [6.45, 7) is 5.35. The molecule has 1 rings (SSSR count). The molecule has 0 aromatic heterocycles. The van der Waals surface area contributed by atoms with Crippen LogP contribution in [0.15, 0.2) is 16.6 Å². The predicted molar refractivity (Wildman–Crippen MR) is 84.7 cm³/mol. The summed E-state index contributed by atoms with van der Waals surface area (Å²) in [5.41, 5.74) is 1.14. The molecule has 0 bridgehead atoms. The molecule has 0 saturated carbocycles. The van der Waals surface area contributed by atoms with E-state index in [4.69, 9.17) is 14.2 Å². The average Bonchev–Trinajstić information content (AvgIpc) is 2.47. The van der Waals surface area contributed by atoms with Gasteiger partial charge < -0.3 is 19.5 Å². The zero-order valence-corrected chi connectivity index (χ0v) is 14.1. The molecule has 0 heterocycles. The van der Waals surface area contributed by atoms with Gasteiger partial charge in [-0.25, -0.2) is 0 Å². The minimum Gasteiger partial charge on any atom is -0.493 e. The van der Waals surface area contributed by atoms with Gasteiger partial charge in [-0.2, -0.15) is 0 Å². The van der Waals surface area contributed by atoms with Crippen molar-refractivity contribution in [3.05, 3.63) is 22.2 Å². The summed E-state index contributed by atoms with van der Waals surface area (Å²) < 4.78 is 17.1. The van der Waals surface area contributed by atoms with Crippen LogP contribution >= 0.6 is 15.9 Å². The van der Waals surface area contributed by atoms with Gasteiger partial charge in [-0.3, -0.25) is 0 Å². The summed E-state index contributed by atoms with van der Waals surface area (Å²) >= 11 is 3.55. The highest BCUT2D eigenvalue weighted by molar-refractivity contribution is 9.10. The maximum Gasteiger partial charge on any atom is 0.161 e. The van der Waals surface area contributed by atoms with Crippen LogP contribution < -0.4 is 14.8 Å². The van der Waals surface area contributed by atoms with E-state index >= 15 is 0 Å². The van der Waals surface area contributed by atoms with Crippen LogP contribution in [0.3, 0.4) is 0 Å². The summed E-state index contributed by atoms with van der Waals surface area (Å²) in [5.74, 6) is 1.47. The second-order valence-corrected chi connectivity index (χ2v) is 5.30. The fraction of sp³-hybridized carbons (Fsp3) is 0.600. The topological polar surface area (TPSA) is 39.7 Å². The summed E-state index contributed by atoms with van der Waals surface area (Å²) in [6.07, 6.45) is 2.30. The molecule has 0 aliphatic carbocycles. The number of hydrogen-bond acceptors (Lipinski definition) is 4. The van der Waals surface area contributed by atoms with E-state index in [9.17, 15) is 0 Å². The standard InChI is InChI=1S/C15H24BrNO3/c1-4-5-7-20-8-6-17-11-12-9-14(18-2)15(19-3)10-13(12)16/h9-10,17H,4-8,11H2,1-3H3. The third kappa shape index (κ3) is 5.69. The highest BCUT2D eigenvalue weighted by Gasteiger charge is 2.09. The maximum atomic E-state index is 5.50. The van der Waals surface area contributed by atoms with Gasteiger partial charge >= 0.3 is 0 Å². The molecular weight excluding hydrogens is 322 g/mol. The first kappa shape index (κ1) is 17.3. The van der Waals surface area contributed by atoms with Gasteiger partial charge in [0.2, 0.25) is 0 Å². The van der Waals surface area contributed by atoms with Crippen molar-refractivity contribution in [2.24, 2.45) is 0 Å². The lowest BCUT2D eigenvalue weighted by molar-refractivity contribution is 0.133. The smallest absolute Gasteiger partial charge is 0.161 e. The number of hydrogen-bond donors (Lipinski definition) is 1. The Morgan fingerprint density at radius 3 is 2.45 bits per heavy atom. The lowest BCUT2D eigenvalue weighted by atomic mass is 10.2. The zero-order chi connectivity index (χ0) is 14.8. The first-order valence-corrected chi connectivity index (χ1v) is 7.71. The Morgan fingerprint density at radius 1 is 1.10 bits per heavy atom. The SMILES string of the molecule is CCCCOCCNCc1cc(OC)c(OC)cc1Br. The first-order chi connectivity index (χ1) is 9.72. The molecule has 0 unspecified atom stereocenters. The van der Waals surface area contributed by atoms with Crippen molar-refractivity contribution in [3.63, 3.8) is 0 Å². The molecule has 20 heavy (non-hydrogen) atoms. The van der Waals surface area contributed by atoms with E-state index in [0.717, 1.165) is 54.3 Å². The van der Waals surface area contributed by atoms with Gasteiger partial charge in [0.15, 0.2) is 11.5 Å². The Bertz CT molecular complexity index is 399. The molecule has 0 fully saturated rings.